The summed E-state index contributed by atoms with van der Waals surface area (Å²) in [7, 11) is 1.59. The highest BCUT2D eigenvalue weighted by atomic mass is 19.1. The Morgan fingerprint density at radius 2 is 1.95 bits per heavy atom. The van der Waals surface area contributed by atoms with Crippen LogP contribution in [0.2, 0.25) is 0 Å². The Morgan fingerprint density at radius 1 is 1.18 bits per heavy atom. The van der Waals surface area contributed by atoms with E-state index < -0.39 is 5.82 Å². The van der Waals surface area contributed by atoms with Crippen molar-refractivity contribution >= 4 is 29.3 Å². The number of aromatic nitrogens is 4. The van der Waals surface area contributed by atoms with Gasteiger partial charge in [-0.15, -0.1) is 0 Å². The van der Waals surface area contributed by atoms with Crippen molar-refractivity contribution in [1.29, 1.82) is 0 Å². The van der Waals surface area contributed by atoms with Gasteiger partial charge in [-0.05, 0) is 31.5 Å². The van der Waals surface area contributed by atoms with Crippen molar-refractivity contribution in [3.8, 4) is 11.3 Å². The molecule has 2 aromatic heterocycles. The maximum Gasteiger partial charge on any atom is 0.254 e. The fraction of sp³-hybridized carbons (Fsp3) is 0.423. The highest BCUT2D eigenvalue weighted by molar-refractivity contribution is 5.95. The van der Waals surface area contributed by atoms with Gasteiger partial charge in [0.2, 0.25) is 11.9 Å². The zero-order valence-electron chi connectivity index (χ0n) is 21.6. The Balaban J connectivity index is 1.56. The summed E-state index contributed by atoms with van der Waals surface area (Å²) in [5, 5.41) is 0. The van der Waals surface area contributed by atoms with E-state index in [9.17, 15) is 4.79 Å². The number of ether oxygens (including phenoxy) is 2. The van der Waals surface area contributed by atoms with Crippen LogP contribution in [0.5, 0.6) is 0 Å². The molecule has 0 bridgehead atoms. The summed E-state index contributed by atoms with van der Waals surface area (Å²) in [5.41, 5.74) is 8.66. The van der Waals surface area contributed by atoms with E-state index in [1.807, 2.05) is 16.7 Å². The molecule has 200 valence electrons. The first-order chi connectivity index (χ1) is 18.5. The van der Waals surface area contributed by atoms with Gasteiger partial charge in [0, 0.05) is 68.9 Å². The van der Waals surface area contributed by atoms with E-state index in [1.54, 1.807) is 30.5 Å². The zero-order chi connectivity index (χ0) is 26.6. The molecule has 2 aliphatic rings. The van der Waals surface area contributed by atoms with Crippen molar-refractivity contribution in [3.63, 3.8) is 0 Å². The number of carbonyl (C=O) groups excluding carboxylic acids is 1. The van der Waals surface area contributed by atoms with Gasteiger partial charge < -0.3 is 29.9 Å². The number of amides is 1. The van der Waals surface area contributed by atoms with Gasteiger partial charge in [-0.1, -0.05) is 0 Å². The second kappa shape index (κ2) is 11.2. The van der Waals surface area contributed by atoms with Gasteiger partial charge in [-0.2, -0.15) is 4.98 Å². The number of nitrogens with two attached hydrogens (primary N) is 1. The van der Waals surface area contributed by atoms with E-state index in [0.717, 1.165) is 5.56 Å². The van der Waals surface area contributed by atoms with Crippen LogP contribution in [0, 0.1) is 5.82 Å². The molecule has 0 saturated carbocycles. The van der Waals surface area contributed by atoms with Crippen molar-refractivity contribution in [2.45, 2.75) is 13.3 Å². The number of rotatable bonds is 8. The van der Waals surface area contributed by atoms with Crippen molar-refractivity contribution in [1.82, 2.24) is 24.8 Å². The van der Waals surface area contributed by atoms with Gasteiger partial charge in [0.1, 0.15) is 11.6 Å². The molecule has 0 aliphatic carbocycles. The Kier molecular flexibility index (Phi) is 7.61. The molecule has 0 unspecified atom stereocenters. The molecule has 5 rings (SSSR count). The molecular weight excluding hydrogens is 491 g/mol. The van der Waals surface area contributed by atoms with Crippen LogP contribution in [0.25, 0.3) is 11.3 Å². The Bertz CT molecular complexity index is 1300. The van der Waals surface area contributed by atoms with E-state index in [2.05, 4.69) is 9.97 Å². The number of morpholine rings is 1. The van der Waals surface area contributed by atoms with Gasteiger partial charge in [-0.25, -0.2) is 19.3 Å². The maximum absolute atomic E-state index is 15.3. The van der Waals surface area contributed by atoms with Crippen LogP contribution in [0.4, 0.5) is 27.8 Å². The predicted molar refractivity (Wildman–Crippen MR) is 141 cm³/mol. The minimum atomic E-state index is -0.432. The Labute approximate surface area is 220 Å². The average molecular weight is 523 g/mol. The van der Waals surface area contributed by atoms with Crippen LogP contribution >= 0.6 is 0 Å². The van der Waals surface area contributed by atoms with Gasteiger partial charge in [0.15, 0.2) is 0 Å². The summed E-state index contributed by atoms with van der Waals surface area (Å²) in [5.74, 6) is 0.684. The smallest absolute Gasteiger partial charge is 0.254 e. The molecule has 1 amide bonds. The van der Waals surface area contributed by atoms with E-state index in [-0.39, 0.29) is 11.9 Å². The Morgan fingerprint density at radius 3 is 2.66 bits per heavy atom. The molecule has 1 fully saturated rings. The number of anilines is 4. The predicted octanol–water partition coefficient (Wildman–Crippen LogP) is 2.29. The number of hydrogen-bond acceptors (Lipinski definition) is 10. The number of halogens is 1. The molecule has 1 aromatic carbocycles. The molecule has 2 aliphatic heterocycles. The van der Waals surface area contributed by atoms with Gasteiger partial charge >= 0.3 is 0 Å². The lowest BCUT2D eigenvalue weighted by atomic mass is 10.1. The van der Waals surface area contributed by atoms with Crippen molar-refractivity contribution in [2.75, 3.05) is 75.2 Å². The van der Waals surface area contributed by atoms with E-state index in [0.29, 0.717) is 93.2 Å². The third-order valence-electron chi connectivity index (χ3n) is 6.77. The van der Waals surface area contributed by atoms with Crippen LogP contribution in [0.3, 0.4) is 0 Å². The monoisotopic (exact) mass is 522 g/mol. The molecule has 0 atom stereocenters. The number of nitrogen functional groups attached to an aromatic ring is 1. The molecule has 11 nitrogen and oxygen atoms in total. The molecular formula is C26H31FN8O3. The van der Waals surface area contributed by atoms with E-state index >= 15 is 4.39 Å². The summed E-state index contributed by atoms with van der Waals surface area (Å²) >= 11 is 0. The second-order valence-corrected chi connectivity index (χ2v) is 9.05. The molecule has 38 heavy (non-hydrogen) atoms. The third kappa shape index (κ3) is 5.09. The Hall–Kier alpha value is -3.90. The molecule has 12 heteroatoms. The number of nitrogens with zero attached hydrogens (tertiary/aromatic N) is 7. The lowest BCUT2D eigenvalue weighted by Gasteiger charge is -2.28. The molecule has 0 radical (unpaired) electrons. The van der Waals surface area contributed by atoms with Crippen LogP contribution in [-0.4, -0.2) is 90.4 Å². The minimum absolute atomic E-state index is 0.171. The van der Waals surface area contributed by atoms with Gasteiger partial charge in [-0.3, -0.25) is 4.79 Å². The lowest BCUT2D eigenvalue weighted by molar-refractivity contribution is 0.0706. The molecule has 3 aromatic rings. The van der Waals surface area contributed by atoms with Gasteiger partial charge in [0.25, 0.3) is 5.91 Å². The summed E-state index contributed by atoms with van der Waals surface area (Å²) in [6.45, 7) is 6.20. The first kappa shape index (κ1) is 25.7. The number of carbonyl (C=O) groups is 1. The normalized spacial score (nSPS) is 15.0. The van der Waals surface area contributed by atoms with Crippen molar-refractivity contribution in [2.24, 2.45) is 0 Å². The number of benzene rings is 1. The van der Waals surface area contributed by atoms with Crippen LogP contribution in [0.1, 0.15) is 22.8 Å². The molecule has 1 saturated heterocycles. The first-order valence-corrected chi connectivity index (χ1v) is 12.7. The number of hydrogen-bond donors (Lipinski definition) is 1. The fourth-order valence-corrected chi connectivity index (χ4v) is 4.72. The van der Waals surface area contributed by atoms with E-state index in [4.69, 9.17) is 25.2 Å². The summed E-state index contributed by atoms with van der Waals surface area (Å²) < 4.78 is 25.9. The van der Waals surface area contributed by atoms with Crippen LogP contribution in [-0.2, 0) is 15.9 Å². The van der Waals surface area contributed by atoms with E-state index in [1.165, 1.54) is 12.1 Å². The molecule has 4 heterocycles. The SMILES string of the molecule is CCN(CCOC)C(=O)c1ccc(F)c(N2CCc3c(-c4cnc(N)nc4)nc(N4CCOCC4)nc32)c1. The quantitative estimate of drug-likeness (QED) is 0.471. The molecule has 0 spiro atoms. The molecule has 2 N–H and O–H groups in total. The number of likely N-dealkylation sites (N-methyl/N-ethyl adjacent to an activating group) is 1. The minimum Gasteiger partial charge on any atom is -0.383 e. The second-order valence-electron chi connectivity index (χ2n) is 9.05. The van der Waals surface area contributed by atoms with Crippen LogP contribution < -0.4 is 15.5 Å². The largest absolute Gasteiger partial charge is 0.383 e. The summed E-state index contributed by atoms with van der Waals surface area (Å²) in [6, 6.07) is 4.46. The fourth-order valence-electron chi connectivity index (χ4n) is 4.72. The summed E-state index contributed by atoms with van der Waals surface area (Å²) in [4.78, 5) is 36.8. The van der Waals surface area contributed by atoms with Gasteiger partial charge in [0.05, 0.1) is 31.2 Å². The van der Waals surface area contributed by atoms with Crippen molar-refractivity contribution in [3.05, 3.63) is 47.5 Å². The third-order valence-corrected chi connectivity index (χ3v) is 6.77. The lowest BCUT2D eigenvalue weighted by Crippen LogP contribution is -2.37. The highest BCUT2D eigenvalue weighted by Crippen LogP contribution is 2.40. The van der Waals surface area contributed by atoms with Crippen LogP contribution in [0.15, 0.2) is 30.6 Å². The average Bonchev–Trinajstić information content (AvgIpc) is 3.38. The zero-order valence-corrected chi connectivity index (χ0v) is 21.6. The first-order valence-electron chi connectivity index (χ1n) is 12.7. The highest BCUT2D eigenvalue weighted by Gasteiger charge is 2.31. The topological polar surface area (TPSA) is 123 Å². The standard InChI is InChI=1S/C26H31FN8O3/c1-3-33(8-11-37-2)24(36)17-4-5-20(27)21(14-17)35-7-6-19-22(18-15-29-25(28)30-16-18)31-26(32-23(19)35)34-9-12-38-13-10-34/h4-5,14-16H,3,6-13H2,1-2H3,(H2,28,29,30). The number of fused-ring (bicyclic) bond motifs is 1. The summed E-state index contributed by atoms with van der Waals surface area (Å²) in [6.07, 6.45) is 3.86. The number of methoxy groups -OCH3 is 1. The van der Waals surface area contributed by atoms with Crippen molar-refractivity contribution < 1.29 is 18.7 Å². The maximum atomic E-state index is 15.3.